The van der Waals surface area contributed by atoms with Crippen LogP contribution in [0.4, 0.5) is 5.69 Å². The maximum absolute atomic E-state index is 11.9. The summed E-state index contributed by atoms with van der Waals surface area (Å²) < 4.78 is 26.3. The number of sulfonamides is 1. The fourth-order valence-corrected chi connectivity index (χ4v) is 2.86. The van der Waals surface area contributed by atoms with Gasteiger partial charge < -0.3 is 5.73 Å². The molecule has 1 saturated carbocycles. The summed E-state index contributed by atoms with van der Waals surface area (Å²) >= 11 is 0. The standard InChI is InChI=1S/C11H16N2O2S/c12-10-5-2-6-11(7-10)16(14,15)13-8-9-3-1-4-9/h2,5-7,9,13H,1,3-4,8,12H2. The van der Waals surface area contributed by atoms with Crippen LogP contribution in [0.25, 0.3) is 0 Å². The Balaban J connectivity index is 2.05. The third kappa shape index (κ3) is 2.54. The van der Waals surface area contributed by atoms with E-state index in [2.05, 4.69) is 4.72 Å². The molecule has 3 N–H and O–H groups in total. The minimum Gasteiger partial charge on any atom is -0.399 e. The van der Waals surface area contributed by atoms with Crippen LogP contribution in [0.3, 0.4) is 0 Å². The van der Waals surface area contributed by atoms with Gasteiger partial charge in [-0.25, -0.2) is 13.1 Å². The van der Waals surface area contributed by atoms with Gasteiger partial charge in [0.2, 0.25) is 10.0 Å². The highest BCUT2D eigenvalue weighted by Crippen LogP contribution is 2.25. The van der Waals surface area contributed by atoms with Crippen molar-refractivity contribution in [3.63, 3.8) is 0 Å². The van der Waals surface area contributed by atoms with E-state index in [1.807, 2.05) is 0 Å². The van der Waals surface area contributed by atoms with Crippen molar-refractivity contribution in [3.05, 3.63) is 24.3 Å². The van der Waals surface area contributed by atoms with Crippen LogP contribution < -0.4 is 10.5 Å². The maximum atomic E-state index is 11.9. The van der Waals surface area contributed by atoms with Crippen LogP contribution in [0.2, 0.25) is 0 Å². The van der Waals surface area contributed by atoms with Gasteiger partial charge in [0, 0.05) is 12.2 Å². The lowest BCUT2D eigenvalue weighted by Gasteiger charge is -2.25. The summed E-state index contributed by atoms with van der Waals surface area (Å²) in [5, 5.41) is 0. The number of rotatable bonds is 4. The first-order valence-electron chi connectivity index (χ1n) is 5.43. The third-order valence-corrected chi connectivity index (χ3v) is 4.38. The first-order valence-corrected chi connectivity index (χ1v) is 6.91. The van der Waals surface area contributed by atoms with E-state index in [0.29, 0.717) is 18.2 Å². The van der Waals surface area contributed by atoms with Crippen LogP contribution in [0, 0.1) is 5.92 Å². The SMILES string of the molecule is Nc1cccc(S(=O)(=O)NCC2CCC2)c1. The Morgan fingerprint density at radius 3 is 2.69 bits per heavy atom. The molecule has 0 aromatic heterocycles. The number of hydrogen-bond donors (Lipinski definition) is 2. The predicted octanol–water partition coefficient (Wildman–Crippen LogP) is 1.35. The number of nitrogen functional groups attached to an aromatic ring is 1. The second-order valence-electron chi connectivity index (χ2n) is 4.22. The third-order valence-electron chi connectivity index (χ3n) is 2.96. The van der Waals surface area contributed by atoms with E-state index in [1.54, 1.807) is 18.2 Å². The quantitative estimate of drug-likeness (QED) is 0.780. The lowest BCUT2D eigenvalue weighted by atomic mass is 9.86. The molecule has 0 aliphatic heterocycles. The molecule has 0 heterocycles. The molecular formula is C11H16N2O2S. The highest BCUT2D eigenvalue weighted by molar-refractivity contribution is 7.89. The fraction of sp³-hybridized carbons (Fsp3) is 0.455. The van der Waals surface area contributed by atoms with Crippen LogP contribution >= 0.6 is 0 Å². The lowest BCUT2D eigenvalue weighted by Crippen LogP contribution is -2.32. The average molecular weight is 240 g/mol. The molecule has 0 amide bonds. The Morgan fingerprint density at radius 2 is 2.12 bits per heavy atom. The molecule has 0 saturated heterocycles. The second-order valence-corrected chi connectivity index (χ2v) is 5.99. The lowest BCUT2D eigenvalue weighted by molar-refractivity contribution is 0.316. The van der Waals surface area contributed by atoms with E-state index >= 15 is 0 Å². The highest BCUT2D eigenvalue weighted by atomic mass is 32.2. The number of benzene rings is 1. The molecule has 1 aromatic rings. The monoisotopic (exact) mass is 240 g/mol. The van der Waals surface area contributed by atoms with Crippen molar-refractivity contribution >= 4 is 15.7 Å². The minimum absolute atomic E-state index is 0.242. The Kier molecular flexibility index (Phi) is 3.16. The van der Waals surface area contributed by atoms with Crippen molar-refractivity contribution in [2.45, 2.75) is 24.2 Å². The van der Waals surface area contributed by atoms with E-state index in [9.17, 15) is 8.42 Å². The van der Waals surface area contributed by atoms with E-state index in [0.717, 1.165) is 12.8 Å². The van der Waals surface area contributed by atoms with Gasteiger partial charge in [-0.2, -0.15) is 0 Å². The van der Waals surface area contributed by atoms with Crippen LogP contribution in [0.15, 0.2) is 29.2 Å². The molecule has 16 heavy (non-hydrogen) atoms. The summed E-state index contributed by atoms with van der Waals surface area (Å²) in [6, 6.07) is 6.35. The molecule has 1 aromatic carbocycles. The zero-order chi connectivity index (χ0) is 11.6. The zero-order valence-electron chi connectivity index (χ0n) is 9.02. The molecular weight excluding hydrogens is 224 g/mol. The van der Waals surface area contributed by atoms with Gasteiger partial charge in [-0.1, -0.05) is 12.5 Å². The summed E-state index contributed by atoms with van der Waals surface area (Å²) in [7, 11) is -3.38. The van der Waals surface area contributed by atoms with E-state index < -0.39 is 10.0 Å². The molecule has 4 nitrogen and oxygen atoms in total. The van der Waals surface area contributed by atoms with Crippen molar-refractivity contribution in [3.8, 4) is 0 Å². The van der Waals surface area contributed by atoms with E-state index in [-0.39, 0.29) is 4.90 Å². The summed E-state index contributed by atoms with van der Waals surface area (Å²) in [5.41, 5.74) is 6.02. The summed E-state index contributed by atoms with van der Waals surface area (Å²) in [5.74, 6) is 0.510. The Labute approximate surface area is 95.9 Å². The molecule has 2 rings (SSSR count). The molecule has 0 radical (unpaired) electrons. The van der Waals surface area contributed by atoms with Crippen LogP contribution in [0.5, 0.6) is 0 Å². The van der Waals surface area contributed by atoms with Crippen molar-refractivity contribution < 1.29 is 8.42 Å². The largest absolute Gasteiger partial charge is 0.399 e. The zero-order valence-corrected chi connectivity index (χ0v) is 9.83. The number of anilines is 1. The molecule has 1 aliphatic carbocycles. The highest BCUT2D eigenvalue weighted by Gasteiger charge is 2.21. The summed E-state index contributed by atoms with van der Waals surface area (Å²) in [6.45, 7) is 0.539. The fourth-order valence-electron chi connectivity index (χ4n) is 1.69. The number of nitrogens with one attached hydrogen (secondary N) is 1. The molecule has 1 fully saturated rings. The van der Waals surface area contributed by atoms with Crippen LogP contribution in [-0.4, -0.2) is 15.0 Å². The van der Waals surface area contributed by atoms with Gasteiger partial charge in [-0.05, 0) is 37.0 Å². The summed E-state index contributed by atoms with van der Waals surface area (Å²) in [4.78, 5) is 0.242. The van der Waals surface area contributed by atoms with Crippen molar-refractivity contribution in [2.75, 3.05) is 12.3 Å². The number of nitrogens with two attached hydrogens (primary N) is 1. The smallest absolute Gasteiger partial charge is 0.240 e. The maximum Gasteiger partial charge on any atom is 0.240 e. The number of hydrogen-bond acceptors (Lipinski definition) is 3. The molecule has 0 atom stereocenters. The molecule has 88 valence electrons. The van der Waals surface area contributed by atoms with Gasteiger partial charge in [0.1, 0.15) is 0 Å². The van der Waals surface area contributed by atoms with Gasteiger partial charge >= 0.3 is 0 Å². The summed E-state index contributed by atoms with van der Waals surface area (Å²) in [6.07, 6.45) is 3.46. The van der Waals surface area contributed by atoms with Crippen LogP contribution in [-0.2, 0) is 10.0 Å². The van der Waals surface area contributed by atoms with E-state index in [4.69, 9.17) is 5.73 Å². The van der Waals surface area contributed by atoms with Gasteiger partial charge in [0.25, 0.3) is 0 Å². The Morgan fingerprint density at radius 1 is 1.38 bits per heavy atom. The molecule has 1 aliphatic rings. The Hall–Kier alpha value is -1.07. The van der Waals surface area contributed by atoms with Gasteiger partial charge in [0.05, 0.1) is 4.90 Å². The topological polar surface area (TPSA) is 72.2 Å². The van der Waals surface area contributed by atoms with Gasteiger partial charge in [0.15, 0.2) is 0 Å². The Bertz CT molecular complexity index is 467. The predicted molar refractivity (Wildman–Crippen MR) is 63.4 cm³/mol. The van der Waals surface area contributed by atoms with Gasteiger partial charge in [-0.15, -0.1) is 0 Å². The first kappa shape index (κ1) is 11.4. The van der Waals surface area contributed by atoms with Crippen molar-refractivity contribution in [1.82, 2.24) is 4.72 Å². The normalized spacial score (nSPS) is 17.0. The average Bonchev–Trinajstić information content (AvgIpc) is 2.15. The molecule has 5 heteroatoms. The molecule has 0 spiro atoms. The second kappa shape index (κ2) is 4.43. The van der Waals surface area contributed by atoms with Crippen molar-refractivity contribution in [2.24, 2.45) is 5.92 Å². The minimum atomic E-state index is -3.38. The van der Waals surface area contributed by atoms with E-state index in [1.165, 1.54) is 12.5 Å². The van der Waals surface area contributed by atoms with Gasteiger partial charge in [-0.3, -0.25) is 0 Å². The molecule has 0 bridgehead atoms. The first-order chi connectivity index (χ1) is 7.58. The molecule has 0 unspecified atom stereocenters. The van der Waals surface area contributed by atoms with Crippen LogP contribution in [0.1, 0.15) is 19.3 Å². The van der Waals surface area contributed by atoms with Crippen molar-refractivity contribution in [1.29, 1.82) is 0 Å².